The van der Waals surface area contributed by atoms with Crippen molar-refractivity contribution in [1.82, 2.24) is 10.3 Å². The molecule has 1 aliphatic rings. The number of aromatic nitrogens is 1. The van der Waals surface area contributed by atoms with Gasteiger partial charge < -0.3 is 5.32 Å². The summed E-state index contributed by atoms with van der Waals surface area (Å²) in [5.41, 5.74) is 1.29. The average molecular weight is 300 g/mol. The van der Waals surface area contributed by atoms with Crippen molar-refractivity contribution in [3.63, 3.8) is 0 Å². The summed E-state index contributed by atoms with van der Waals surface area (Å²) in [6, 6.07) is 10.4. The Kier molecular flexibility index (Phi) is 4.65. The summed E-state index contributed by atoms with van der Waals surface area (Å²) in [7, 11) is 0. The summed E-state index contributed by atoms with van der Waals surface area (Å²) in [5, 5.41) is 4.02. The zero-order valence-corrected chi connectivity index (χ0v) is 12.9. The maximum Gasteiger partial charge on any atom is 0.223 e. The molecule has 1 heterocycles. The van der Waals surface area contributed by atoms with Gasteiger partial charge in [0.25, 0.3) is 0 Å². The molecular weight excluding hydrogens is 280 g/mol. The van der Waals surface area contributed by atoms with Crippen LogP contribution in [0.3, 0.4) is 0 Å². The molecular formula is C17H20N2OS. The number of carbonyl (C=O) groups excluding carboxylic acids is 1. The molecule has 0 saturated heterocycles. The van der Waals surface area contributed by atoms with Crippen LogP contribution >= 0.6 is 11.3 Å². The minimum absolute atomic E-state index is 0.201. The Morgan fingerprint density at radius 3 is 2.76 bits per heavy atom. The van der Waals surface area contributed by atoms with E-state index in [1.54, 1.807) is 11.3 Å². The minimum Gasteiger partial charge on any atom is -0.349 e. The number of rotatable bonds is 5. The van der Waals surface area contributed by atoms with Gasteiger partial charge in [0.05, 0.1) is 6.54 Å². The Hall–Kier alpha value is -1.68. The quantitative estimate of drug-likeness (QED) is 0.917. The molecule has 1 aromatic heterocycles. The summed E-state index contributed by atoms with van der Waals surface area (Å²) in [6.45, 7) is 0.564. The van der Waals surface area contributed by atoms with Crippen LogP contribution in [0.15, 0.2) is 36.5 Å². The third-order valence-electron chi connectivity index (χ3n) is 3.96. The molecule has 1 saturated carbocycles. The van der Waals surface area contributed by atoms with Crippen molar-refractivity contribution in [2.24, 2.45) is 5.92 Å². The number of amides is 1. The molecule has 0 unspecified atom stereocenters. The molecule has 0 spiro atoms. The Labute approximate surface area is 129 Å². The maximum absolute atomic E-state index is 12.0. The number of carbonyl (C=O) groups is 1. The zero-order valence-electron chi connectivity index (χ0n) is 12.0. The van der Waals surface area contributed by atoms with Crippen molar-refractivity contribution >= 4 is 17.2 Å². The second-order valence-electron chi connectivity index (χ2n) is 5.58. The van der Waals surface area contributed by atoms with Gasteiger partial charge in [0, 0.05) is 23.4 Å². The SMILES string of the molecule is O=C(NCc1ncc(Cc2ccccc2)s1)C1CCCC1. The number of nitrogens with one attached hydrogen (secondary N) is 1. The highest BCUT2D eigenvalue weighted by Gasteiger charge is 2.22. The number of nitrogens with zero attached hydrogens (tertiary/aromatic N) is 1. The van der Waals surface area contributed by atoms with Crippen molar-refractivity contribution in [3.8, 4) is 0 Å². The molecule has 0 radical (unpaired) electrons. The van der Waals surface area contributed by atoms with E-state index in [2.05, 4.69) is 34.6 Å². The Morgan fingerprint density at radius 2 is 2.00 bits per heavy atom. The van der Waals surface area contributed by atoms with Crippen LogP contribution in [0.2, 0.25) is 0 Å². The molecule has 1 fully saturated rings. The first kappa shape index (κ1) is 14.3. The highest BCUT2D eigenvalue weighted by molar-refractivity contribution is 7.11. The van der Waals surface area contributed by atoms with Crippen LogP contribution in [0.1, 0.15) is 41.1 Å². The molecule has 3 rings (SSSR count). The normalized spacial score (nSPS) is 15.2. The van der Waals surface area contributed by atoms with Crippen molar-refractivity contribution < 1.29 is 4.79 Å². The van der Waals surface area contributed by atoms with Crippen LogP contribution in [-0.2, 0) is 17.8 Å². The summed E-state index contributed by atoms with van der Waals surface area (Å²) in [5.74, 6) is 0.432. The molecule has 4 heteroatoms. The number of hydrogen-bond acceptors (Lipinski definition) is 3. The second kappa shape index (κ2) is 6.85. The molecule has 1 aromatic carbocycles. The van der Waals surface area contributed by atoms with E-state index in [9.17, 15) is 4.79 Å². The average Bonchev–Trinajstić information content (AvgIpc) is 3.17. The van der Waals surface area contributed by atoms with Crippen LogP contribution in [0.4, 0.5) is 0 Å². The van der Waals surface area contributed by atoms with Crippen LogP contribution in [-0.4, -0.2) is 10.9 Å². The standard InChI is InChI=1S/C17H20N2OS/c20-17(14-8-4-5-9-14)19-12-16-18-11-15(21-16)10-13-6-2-1-3-7-13/h1-3,6-7,11,14H,4-5,8-10,12H2,(H,19,20). The maximum atomic E-state index is 12.0. The molecule has 2 aromatic rings. The van der Waals surface area contributed by atoms with E-state index < -0.39 is 0 Å². The fourth-order valence-electron chi connectivity index (χ4n) is 2.80. The number of hydrogen-bond donors (Lipinski definition) is 1. The molecule has 0 aliphatic heterocycles. The summed E-state index contributed by atoms with van der Waals surface area (Å²) in [4.78, 5) is 17.6. The Bertz CT molecular complexity index is 588. The molecule has 21 heavy (non-hydrogen) atoms. The lowest BCUT2D eigenvalue weighted by Gasteiger charge is -2.08. The van der Waals surface area contributed by atoms with Crippen LogP contribution < -0.4 is 5.32 Å². The fraction of sp³-hybridized carbons (Fsp3) is 0.412. The van der Waals surface area contributed by atoms with E-state index >= 15 is 0 Å². The molecule has 1 N–H and O–H groups in total. The summed E-state index contributed by atoms with van der Waals surface area (Å²) < 4.78 is 0. The second-order valence-corrected chi connectivity index (χ2v) is 6.78. The van der Waals surface area contributed by atoms with Crippen LogP contribution in [0, 0.1) is 5.92 Å². The topological polar surface area (TPSA) is 42.0 Å². The first-order chi connectivity index (χ1) is 10.3. The van der Waals surface area contributed by atoms with Gasteiger partial charge in [-0.2, -0.15) is 0 Å². The first-order valence-corrected chi connectivity index (χ1v) is 8.38. The predicted molar refractivity (Wildman–Crippen MR) is 85.2 cm³/mol. The van der Waals surface area contributed by atoms with Crippen LogP contribution in [0.5, 0.6) is 0 Å². The lowest BCUT2D eigenvalue weighted by Crippen LogP contribution is -2.28. The molecule has 110 valence electrons. The van der Waals surface area contributed by atoms with Gasteiger partial charge in [-0.1, -0.05) is 43.2 Å². The minimum atomic E-state index is 0.201. The molecule has 1 aliphatic carbocycles. The van der Waals surface area contributed by atoms with Crippen molar-refractivity contribution in [3.05, 3.63) is 52.0 Å². The van der Waals surface area contributed by atoms with Gasteiger partial charge in [0.15, 0.2) is 0 Å². The van der Waals surface area contributed by atoms with Gasteiger partial charge in [0.1, 0.15) is 5.01 Å². The summed E-state index contributed by atoms with van der Waals surface area (Å²) in [6.07, 6.45) is 7.31. The van der Waals surface area contributed by atoms with Gasteiger partial charge in [-0.25, -0.2) is 4.98 Å². The Morgan fingerprint density at radius 1 is 1.24 bits per heavy atom. The molecule has 0 bridgehead atoms. The van der Waals surface area contributed by atoms with Gasteiger partial charge in [-0.3, -0.25) is 4.79 Å². The van der Waals surface area contributed by atoms with Crippen molar-refractivity contribution in [1.29, 1.82) is 0 Å². The molecule has 3 nitrogen and oxygen atoms in total. The number of benzene rings is 1. The smallest absolute Gasteiger partial charge is 0.223 e. The van der Waals surface area contributed by atoms with E-state index in [0.717, 1.165) is 24.3 Å². The third-order valence-corrected chi connectivity index (χ3v) is 4.96. The van der Waals surface area contributed by atoms with Crippen molar-refractivity contribution in [2.75, 3.05) is 0 Å². The van der Waals surface area contributed by atoms with Crippen molar-refractivity contribution in [2.45, 2.75) is 38.6 Å². The fourth-order valence-corrected chi connectivity index (χ4v) is 3.70. The predicted octanol–water partition coefficient (Wildman–Crippen LogP) is 3.54. The highest BCUT2D eigenvalue weighted by atomic mass is 32.1. The van der Waals surface area contributed by atoms with Gasteiger partial charge in [-0.15, -0.1) is 11.3 Å². The summed E-state index contributed by atoms with van der Waals surface area (Å²) >= 11 is 1.69. The lowest BCUT2D eigenvalue weighted by molar-refractivity contribution is -0.124. The largest absolute Gasteiger partial charge is 0.349 e. The van der Waals surface area contributed by atoms with Gasteiger partial charge in [0.2, 0.25) is 5.91 Å². The van der Waals surface area contributed by atoms with Gasteiger partial charge in [-0.05, 0) is 18.4 Å². The molecule has 1 amide bonds. The van der Waals surface area contributed by atoms with E-state index in [0.29, 0.717) is 6.54 Å². The zero-order chi connectivity index (χ0) is 14.5. The number of thiazole rings is 1. The Balaban J connectivity index is 1.52. The third kappa shape index (κ3) is 3.91. The molecule has 0 atom stereocenters. The highest BCUT2D eigenvalue weighted by Crippen LogP contribution is 2.25. The van der Waals surface area contributed by atoms with E-state index in [1.165, 1.54) is 23.3 Å². The van der Waals surface area contributed by atoms with E-state index in [1.807, 2.05) is 12.3 Å². The van der Waals surface area contributed by atoms with Gasteiger partial charge >= 0.3 is 0 Å². The monoisotopic (exact) mass is 300 g/mol. The van der Waals surface area contributed by atoms with E-state index in [-0.39, 0.29) is 11.8 Å². The van der Waals surface area contributed by atoms with E-state index in [4.69, 9.17) is 0 Å². The lowest BCUT2D eigenvalue weighted by atomic mass is 10.1. The van der Waals surface area contributed by atoms with Crippen LogP contribution in [0.25, 0.3) is 0 Å². The first-order valence-electron chi connectivity index (χ1n) is 7.56.